The Morgan fingerprint density at radius 2 is 0.845 bits per heavy atom. The maximum Gasteiger partial charge on any atom is 0.164 e. The number of furan rings is 1. The minimum atomic E-state index is 0.123. The van der Waals surface area contributed by atoms with Crippen LogP contribution in [0.2, 0.25) is 0 Å². The maximum atomic E-state index is 6.76. The molecule has 0 fully saturated rings. The minimum absolute atomic E-state index is 0.123. The van der Waals surface area contributed by atoms with E-state index in [9.17, 15) is 0 Å². The molecule has 0 aliphatic rings. The molecule has 5 nitrogen and oxygen atoms in total. The number of nitrogens with zero attached hydrogens (tertiary/aromatic N) is 4. The Morgan fingerprint density at radius 1 is 0.362 bits per heavy atom. The predicted molar refractivity (Wildman–Crippen MR) is 246 cm³/mol. The fraction of sp³-hybridized carbons (Fsp3) is 0. The van der Waals surface area contributed by atoms with Gasteiger partial charge in [-0.1, -0.05) is 113 Å². The van der Waals surface area contributed by atoms with Crippen LogP contribution in [-0.4, -0.2) is 82.3 Å². The van der Waals surface area contributed by atoms with E-state index in [4.69, 9.17) is 82.1 Å². The zero-order valence-corrected chi connectivity index (χ0v) is 30.9. The van der Waals surface area contributed by atoms with Crippen LogP contribution in [0.4, 0.5) is 0 Å². The number of fused-ring (bicyclic) bond motifs is 6. The first kappa shape index (κ1) is 36.0. The average Bonchev–Trinajstić information content (AvgIpc) is 3.83. The first-order chi connectivity index (χ1) is 28.1. The first-order valence-corrected chi connectivity index (χ1v) is 18.4. The van der Waals surface area contributed by atoms with Gasteiger partial charge in [0.25, 0.3) is 0 Å². The van der Waals surface area contributed by atoms with Crippen LogP contribution in [0.5, 0.6) is 0 Å². The van der Waals surface area contributed by atoms with Gasteiger partial charge in [0.05, 0.1) is 11.1 Å². The molecule has 3 aromatic heterocycles. The summed E-state index contributed by atoms with van der Waals surface area (Å²) in [7, 11) is 52.5. The van der Waals surface area contributed by atoms with Crippen LogP contribution in [-0.2, 0) is 0 Å². The third-order valence-electron chi connectivity index (χ3n) is 10.8. The lowest BCUT2D eigenvalue weighted by Crippen LogP contribution is -2.49. The highest BCUT2D eigenvalue weighted by molar-refractivity contribution is 6.71. The lowest BCUT2D eigenvalue weighted by molar-refractivity contribution is 0.669. The summed E-state index contributed by atoms with van der Waals surface area (Å²) in [6.07, 6.45) is 0. The van der Waals surface area contributed by atoms with Gasteiger partial charge in [-0.05, 0) is 52.2 Å². The van der Waals surface area contributed by atoms with E-state index in [0.29, 0.717) is 56.1 Å². The predicted octanol–water partition coefficient (Wildman–Crippen LogP) is 1.89. The second-order valence-electron chi connectivity index (χ2n) is 14.2. The van der Waals surface area contributed by atoms with Crippen LogP contribution in [0.25, 0.3) is 94.7 Å². The molecule has 10 aromatic rings. The van der Waals surface area contributed by atoms with Crippen LogP contribution in [0.1, 0.15) is 0 Å². The number of aromatic nitrogens is 4. The molecule has 13 heteroatoms. The standard InChI is InChI=1S/C45H20B8N4O/c46-33-31-32-34(47)36(49)38(51)40(53)42(32)57(41(31)39(52)37(50)35(33)48)27-15-8-16-28-30(27)26-18-17-25(20-29(26)58-28)45-55-43(22-11-5-2-6-12-22)54-44(56-45)24-14-7-13-23(19-24)21-9-3-1-4-10-21/h1-20H. The van der Waals surface area contributed by atoms with Crippen molar-refractivity contribution in [3.05, 3.63) is 121 Å². The monoisotopic (exact) mass is 720 g/mol. The molecule has 7 aromatic carbocycles. The zero-order chi connectivity index (χ0) is 40.0. The topological polar surface area (TPSA) is 56.7 Å². The van der Waals surface area contributed by atoms with Gasteiger partial charge in [-0.3, -0.25) is 0 Å². The van der Waals surface area contributed by atoms with Gasteiger partial charge in [0.2, 0.25) is 0 Å². The molecule has 250 valence electrons. The van der Waals surface area contributed by atoms with Crippen molar-refractivity contribution in [2.75, 3.05) is 0 Å². The van der Waals surface area contributed by atoms with Gasteiger partial charge in [0.15, 0.2) is 17.5 Å². The summed E-state index contributed by atoms with van der Waals surface area (Å²) >= 11 is 0. The summed E-state index contributed by atoms with van der Waals surface area (Å²) in [5.74, 6) is 1.55. The van der Waals surface area contributed by atoms with E-state index >= 15 is 0 Å². The van der Waals surface area contributed by atoms with E-state index in [2.05, 4.69) is 24.3 Å². The van der Waals surface area contributed by atoms with E-state index in [1.165, 1.54) is 0 Å². The van der Waals surface area contributed by atoms with Crippen molar-refractivity contribution < 1.29 is 4.42 Å². The van der Waals surface area contributed by atoms with Crippen LogP contribution in [0.15, 0.2) is 126 Å². The molecule has 0 aliphatic heterocycles. The highest BCUT2D eigenvalue weighted by atomic mass is 16.3. The quantitative estimate of drug-likeness (QED) is 0.256. The Morgan fingerprint density at radius 3 is 1.45 bits per heavy atom. The van der Waals surface area contributed by atoms with Crippen molar-refractivity contribution in [1.82, 2.24) is 19.5 Å². The van der Waals surface area contributed by atoms with E-state index in [1.807, 2.05) is 102 Å². The van der Waals surface area contributed by atoms with Crippen molar-refractivity contribution in [1.29, 1.82) is 0 Å². The third-order valence-corrected chi connectivity index (χ3v) is 10.8. The van der Waals surface area contributed by atoms with E-state index in [-0.39, 0.29) is 43.7 Å². The van der Waals surface area contributed by atoms with E-state index in [0.717, 1.165) is 38.6 Å². The third kappa shape index (κ3) is 5.47. The molecule has 0 amide bonds. The summed E-state index contributed by atoms with van der Waals surface area (Å²) in [6, 6.07) is 39.7. The normalized spacial score (nSPS) is 11.7. The molecule has 3 heterocycles. The zero-order valence-electron chi connectivity index (χ0n) is 30.9. The van der Waals surface area contributed by atoms with Crippen molar-refractivity contribution in [2.45, 2.75) is 0 Å². The molecular formula is C45H20B8N4O. The number of rotatable bonds is 5. The van der Waals surface area contributed by atoms with Gasteiger partial charge in [0, 0.05) is 33.1 Å². The molecule has 0 unspecified atom stereocenters. The van der Waals surface area contributed by atoms with Crippen molar-refractivity contribution >= 4 is 150 Å². The Balaban J connectivity index is 1.20. The Labute approximate surface area is 345 Å². The highest BCUT2D eigenvalue weighted by Crippen LogP contribution is 2.38. The summed E-state index contributed by atoms with van der Waals surface area (Å²) in [5.41, 5.74) is 8.56. The lowest BCUT2D eigenvalue weighted by atomic mass is 9.63. The lowest BCUT2D eigenvalue weighted by Gasteiger charge is -2.18. The molecule has 58 heavy (non-hydrogen) atoms. The first-order valence-electron chi connectivity index (χ1n) is 18.4. The summed E-state index contributed by atoms with van der Waals surface area (Å²) in [5, 5.41) is 2.46. The molecule has 16 radical (unpaired) electrons. The number of benzene rings is 7. The van der Waals surface area contributed by atoms with Gasteiger partial charge in [-0.25, -0.2) is 15.0 Å². The SMILES string of the molecule is [B]c1c([B])c([B])c2c(c1[B])c1c([B])c([B])c([B])c([B])c1n2-c1cccc2oc3cc(-c4nc(-c5ccccc5)nc(-c5cccc(-c6ccccc6)c5)n4)ccc3c12. The molecule has 0 spiro atoms. The fourth-order valence-corrected chi connectivity index (χ4v) is 7.90. The van der Waals surface area contributed by atoms with Gasteiger partial charge in [0.1, 0.15) is 73.9 Å². The Hall–Kier alpha value is -6.33. The summed E-state index contributed by atoms with van der Waals surface area (Å²) < 4.78 is 8.43. The molecule has 0 saturated heterocycles. The summed E-state index contributed by atoms with van der Waals surface area (Å²) in [6.45, 7) is 0. The fourth-order valence-electron chi connectivity index (χ4n) is 7.90. The van der Waals surface area contributed by atoms with E-state index in [1.54, 1.807) is 0 Å². The smallest absolute Gasteiger partial charge is 0.164 e. The molecule has 0 bridgehead atoms. The van der Waals surface area contributed by atoms with E-state index < -0.39 is 0 Å². The molecular weight excluding hydrogens is 699 g/mol. The molecule has 0 saturated carbocycles. The number of hydrogen-bond donors (Lipinski definition) is 0. The second kappa shape index (κ2) is 13.7. The second-order valence-corrected chi connectivity index (χ2v) is 14.2. The van der Waals surface area contributed by atoms with Crippen molar-refractivity contribution in [3.63, 3.8) is 0 Å². The molecule has 0 aliphatic carbocycles. The molecule has 10 rings (SSSR count). The van der Waals surface area contributed by atoms with Crippen LogP contribution >= 0.6 is 0 Å². The average molecular weight is 719 g/mol. The highest BCUT2D eigenvalue weighted by Gasteiger charge is 2.25. The molecule has 0 N–H and O–H groups in total. The minimum Gasteiger partial charge on any atom is -0.456 e. The maximum absolute atomic E-state index is 6.76. The molecule has 0 atom stereocenters. The van der Waals surface area contributed by atoms with Crippen molar-refractivity contribution in [3.8, 4) is 51.0 Å². The Bertz CT molecular complexity index is 3250. The van der Waals surface area contributed by atoms with Crippen molar-refractivity contribution in [2.24, 2.45) is 0 Å². The van der Waals surface area contributed by atoms with Gasteiger partial charge in [-0.2, -0.15) is 0 Å². The summed E-state index contributed by atoms with van der Waals surface area (Å²) in [4.78, 5) is 14.9. The van der Waals surface area contributed by atoms with Crippen LogP contribution in [0.3, 0.4) is 0 Å². The van der Waals surface area contributed by atoms with Gasteiger partial charge < -0.3 is 8.98 Å². The van der Waals surface area contributed by atoms with Crippen LogP contribution < -0.4 is 43.7 Å². The largest absolute Gasteiger partial charge is 0.456 e. The number of hydrogen-bond acceptors (Lipinski definition) is 4. The van der Waals surface area contributed by atoms with Gasteiger partial charge >= 0.3 is 0 Å². The van der Waals surface area contributed by atoms with Crippen LogP contribution in [0, 0.1) is 0 Å². The Kier molecular flexibility index (Phi) is 8.49. The van der Waals surface area contributed by atoms with Gasteiger partial charge in [-0.15, -0.1) is 21.9 Å².